The normalized spacial score (nSPS) is 18.3. The third-order valence-electron chi connectivity index (χ3n) is 8.17. The molecule has 4 aromatic rings. The van der Waals surface area contributed by atoms with Crippen LogP contribution < -0.4 is 9.84 Å². The van der Waals surface area contributed by atoms with E-state index < -0.39 is 26.1 Å². The van der Waals surface area contributed by atoms with Gasteiger partial charge < -0.3 is 19.6 Å². The number of benzene rings is 3. The van der Waals surface area contributed by atoms with Gasteiger partial charge >= 0.3 is 43.4 Å². The van der Waals surface area contributed by atoms with Gasteiger partial charge in [-0.2, -0.15) is 5.10 Å². The van der Waals surface area contributed by atoms with Crippen molar-refractivity contribution >= 4 is 66.1 Å². The molecule has 1 aromatic heterocycles. The Bertz CT molecular complexity index is 1840. The Morgan fingerprint density at radius 3 is 2.52 bits per heavy atom. The number of hydrazine groups is 1. The van der Waals surface area contributed by atoms with E-state index in [-0.39, 0.29) is 86.3 Å². The van der Waals surface area contributed by atoms with Crippen LogP contribution in [0.1, 0.15) is 16.7 Å². The molecule has 3 heterocycles. The predicted octanol–water partition coefficient (Wildman–Crippen LogP) is 2.12. The van der Waals surface area contributed by atoms with Crippen LogP contribution in [0.5, 0.6) is 5.75 Å². The summed E-state index contributed by atoms with van der Waals surface area (Å²) in [6.07, 6.45) is 2.56. The number of rotatable bonds is 10. The number of nitrogens with zero attached hydrogens (tertiary/aromatic N) is 5. The molecule has 0 aliphatic carbocycles. The van der Waals surface area contributed by atoms with E-state index in [1.807, 2.05) is 48.5 Å². The molecule has 4 N–H and O–H groups in total. The summed E-state index contributed by atoms with van der Waals surface area (Å²) in [5, 5.41) is 14.1. The van der Waals surface area contributed by atoms with Crippen molar-refractivity contribution in [2.75, 3.05) is 19.6 Å². The van der Waals surface area contributed by atoms with Gasteiger partial charge in [-0.15, -0.1) is 6.58 Å². The molecule has 0 radical (unpaired) electrons. The van der Waals surface area contributed by atoms with Crippen LogP contribution in [-0.4, -0.2) is 119 Å². The number of phosphoric ester groups is 1. The van der Waals surface area contributed by atoms with Gasteiger partial charge in [0.1, 0.15) is 18.0 Å². The first-order chi connectivity index (χ1) is 22.6. The molecule has 2 saturated heterocycles. The Kier molecular flexibility index (Phi) is 11.1. The molecular weight excluding hydrogens is 648 g/mol. The van der Waals surface area contributed by atoms with Gasteiger partial charge in [0.2, 0.25) is 11.8 Å². The van der Waals surface area contributed by atoms with Crippen molar-refractivity contribution in [1.29, 1.82) is 0 Å². The maximum absolute atomic E-state index is 14.3. The summed E-state index contributed by atoms with van der Waals surface area (Å²) in [7, 11) is -4.76. The molecule has 2 aliphatic heterocycles. The summed E-state index contributed by atoms with van der Waals surface area (Å²) < 4.78 is 16.0. The Hall–Kier alpha value is -4.01. The topological polar surface area (TPSA) is 172 Å². The minimum atomic E-state index is -4.76. The number of carbonyl (C=O) groups excluding carboxylic acids is 3. The second-order valence-electron chi connectivity index (χ2n) is 11.3. The van der Waals surface area contributed by atoms with E-state index >= 15 is 0 Å². The molecule has 3 aromatic carbocycles. The number of aromatic nitrogens is 2. The van der Waals surface area contributed by atoms with Crippen LogP contribution in [0.25, 0.3) is 10.9 Å². The summed E-state index contributed by atoms with van der Waals surface area (Å²) in [6.45, 7) is 4.40. The summed E-state index contributed by atoms with van der Waals surface area (Å²) in [5.74, 6) is -0.665. The number of piperazine rings is 1. The second-order valence-corrected chi connectivity index (χ2v) is 12.5. The first-order valence-electron chi connectivity index (χ1n) is 14.9. The van der Waals surface area contributed by atoms with E-state index in [1.54, 1.807) is 34.3 Å². The number of fused-ring (bicyclic) bond motifs is 2. The number of para-hydroxylation sites is 1. The van der Waals surface area contributed by atoms with Gasteiger partial charge in [0.15, 0.2) is 0 Å². The third-order valence-corrected chi connectivity index (χ3v) is 8.61. The van der Waals surface area contributed by atoms with Crippen LogP contribution in [0, 0.1) is 0 Å². The van der Waals surface area contributed by atoms with Gasteiger partial charge in [-0.05, 0) is 28.8 Å². The Balaban J connectivity index is 0.00000451. The summed E-state index contributed by atoms with van der Waals surface area (Å²) in [6, 6.07) is 19.7. The van der Waals surface area contributed by atoms with Crippen LogP contribution in [0.3, 0.4) is 0 Å². The van der Waals surface area contributed by atoms with Crippen LogP contribution in [0.15, 0.2) is 91.6 Å². The van der Waals surface area contributed by atoms with Gasteiger partial charge in [-0.1, -0.05) is 66.7 Å². The molecule has 246 valence electrons. The molecule has 4 amide bonds. The van der Waals surface area contributed by atoms with Gasteiger partial charge in [0.05, 0.1) is 24.8 Å². The van der Waals surface area contributed by atoms with Crippen molar-refractivity contribution in [2.45, 2.75) is 31.7 Å². The van der Waals surface area contributed by atoms with E-state index in [1.165, 1.54) is 22.0 Å². The molecule has 14 nitrogen and oxygen atoms in total. The fourth-order valence-corrected chi connectivity index (χ4v) is 6.51. The molecule has 0 spiro atoms. The number of H-pyrrole nitrogens is 1. The standard InChI is InChI=1S/C32H34N7O7P.Na.H/c1-2-15-37-21-29(40)38-27(16-22-11-13-26(14-12-22)46-47(43,44)45)31(41)36(19-25-10-6-9-24-18-34-35-30(24)25)20-28(38)39(37)32(42)33-17-23-7-4-3-5-8-23;;/h2-14,18,27-28H,1,15-17,19-21H2,(H,33,42)(H,34,35)(H2,43,44,45);;/t27-,28-;;/m0../s1. The van der Waals surface area contributed by atoms with Crippen LogP contribution >= 0.6 is 7.82 Å². The molecule has 0 unspecified atom stereocenters. The zero-order chi connectivity index (χ0) is 33.1. The van der Waals surface area contributed by atoms with E-state index in [4.69, 9.17) is 0 Å². The summed E-state index contributed by atoms with van der Waals surface area (Å²) in [4.78, 5) is 63.5. The number of urea groups is 1. The molecule has 48 heavy (non-hydrogen) atoms. The number of carbonyl (C=O) groups is 3. The molecule has 0 saturated carbocycles. The first kappa shape index (κ1) is 35.3. The molecule has 0 bridgehead atoms. The fourth-order valence-electron chi connectivity index (χ4n) is 6.11. The van der Waals surface area contributed by atoms with E-state index in [0.29, 0.717) is 5.56 Å². The SMILES string of the molecule is C=CCN1CC(=O)N2[C@@H](Cc3ccc(OP(=O)(O)O)cc3)C(=O)N(Cc3cccc4cn[nH]c34)C[C@@H]2N1C(=O)NCc1ccccc1.[NaH]. The molecular formula is C32H35N7NaO7P. The number of nitrogens with one attached hydrogen (secondary N) is 2. The predicted molar refractivity (Wildman–Crippen MR) is 178 cm³/mol. The fraction of sp³-hybridized carbons (Fsp3) is 0.250. The third kappa shape index (κ3) is 7.82. The van der Waals surface area contributed by atoms with E-state index in [0.717, 1.165) is 22.0 Å². The van der Waals surface area contributed by atoms with E-state index in [9.17, 15) is 28.7 Å². The summed E-state index contributed by atoms with van der Waals surface area (Å²) >= 11 is 0. The average molecular weight is 684 g/mol. The van der Waals surface area contributed by atoms with Gasteiger partial charge in [-0.3, -0.25) is 24.5 Å². The number of aromatic amines is 1. The van der Waals surface area contributed by atoms with Gasteiger partial charge in [0, 0.05) is 31.4 Å². The molecule has 6 rings (SSSR count). The Labute approximate surface area is 298 Å². The monoisotopic (exact) mass is 683 g/mol. The average Bonchev–Trinajstić information content (AvgIpc) is 3.53. The quantitative estimate of drug-likeness (QED) is 0.111. The zero-order valence-corrected chi connectivity index (χ0v) is 26.2. The van der Waals surface area contributed by atoms with Gasteiger partial charge in [0.25, 0.3) is 0 Å². The second kappa shape index (κ2) is 15.0. The van der Waals surface area contributed by atoms with Crippen molar-refractivity contribution in [3.63, 3.8) is 0 Å². The Morgan fingerprint density at radius 2 is 1.81 bits per heavy atom. The number of phosphoric acid groups is 1. The van der Waals surface area contributed by atoms with E-state index in [2.05, 4.69) is 26.6 Å². The number of hydrogen-bond donors (Lipinski definition) is 4. The molecule has 2 fully saturated rings. The van der Waals surface area contributed by atoms with Crippen molar-refractivity contribution in [3.05, 3.63) is 108 Å². The first-order valence-corrected chi connectivity index (χ1v) is 16.5. The molecule has 2 aliphatic rings. The molecule has 16 heteroatoms. The number of hydrogen-bond acceptors (Lipinski definition) is 7. The van der Waals surface area contributed by atoms with Crippen molar-refractivity contribution < 1.29 is 33.3 Å². The molecule has 2 atom stereocenters. The van der Waals surface area contributed by atoms with Crippen molar-refractivity contribution in [1.82, 2.24) is 35.3 Å². The zero-order valence-electron chi connectivity index (χ0n) is 25.3. The minimum absolute atomic E-state index is 0. The summed E-state index contributed by atoms with van der Waals surface area (Å²) in [5.41, 5.74) is 3.13. The van der Waals surface area contributed by atoms with Crippen molar-refractivity contribution in [3.8, 4) is 5.75 Å². The maximum atomic E-state index is 14.3. The van der Waals surface area contributed by atoms with Crippen molar-refractivity contribution in [2.24, 2.45) is 0 Å². The van der Waals surface area contributed by atoms with Crippen LogP contribution in [0.4, 0.5) is 4.79 Å². The van der Waals surface area contributed by atoms with Crippen LogP contribution in [0.2, 0.25) is 0 Å². The number of amides is 4. The van der Waals surface area contributed by atoms with Gasteiger partial charge in [-0.25, -0.2) is 19.4 Å². The van der Waals surface area contributed by atoms with Crippen LogP contribution in [-0.2, 0) is 33.7 Å². The Morgan fingerprint density at radius 1 is 1.06 bits per heavy atom.